The van der Waals surface area contributed by atoms with Crippen LogP contribution in [-0.2, 0) is 24.7 Å². The quantitative estimate of drug-likeness (QED) is 0.650. The zero-order chi connectivity index (χ0) is 12.7. The predicted molar refractivity (Wildman–Crippen MR) is 70.1 cm³/mol. The van der Waals surface area contributed by atoms with Gasteiger partial charge in [-0.05, 0) is 18.9 Å². The predicted octanol–water partition coefficient (Wildman–Crippen LogP) is 3.06. The first-order chi connectivity index (χ1) is 8.17. The molecule has 0 aliphatic heterocycles. The van der Waals surface area contributed by atoms with Gasteiger partial charge in [0.15, 0.2) is 0 Å². The number of carbonyl (C=O) groups excluding carboxylic acids is 1. The lowest BCUT2D eigenvalue weighted by atomic mass is 10.1. The van der Waals surface area contributed by atoms with Crippen molar-refractivity contribution in [2.75, 3.05) is 0 Å². The van der Waals surface area contributed by atoms with Crippen LogP contribution >= 0.6 is 0 Å². The van der Waals surface area contributed by atoms with Crippen molar-refractivity contribution >= 4 is 5.78 Å². The van der Waals surface area contributed by atoms with Gasteiger partial charge in [0.2, 0.25) is 0 Å². The number of aromatic nitrogens is 2. The molecule has 0 bridgehead atoms. The van der Waals surface area contributed by atoms with Gasteiger partial charge in [0.05, 0.1) is 5.69 Å². The number of ketones is 1. The van der Waals surface area contributed by atoms with Crippen LogP contribution in [0.2, 0.25) is 0 Å². The van der Waals surface area contributed by atoms with Gasteiger partial charge in [0.25, 0.3) is 0 Å². The van der Waals surface area contributed by atoms with Crippen LogP contribution in [0.4, 0.5) is 0 Å². The van der Waals surface area contributed by atoms with Gasteiger partial charge in [0, 0.05) is 25.6 Å². The zero-order valence-electron chi connectivity index (χ0n) is 11.3. The molecule has 0 radical (unpaired) electrons. The van der Waals surface area contributed by atoms with Gasteiger partial charge in [-0.15, -0.1) is 0 Å². The third-order valence-corrected chi connectivity index (χ3v) is 3.08. The summed E-state index contributed by atoms with van der Waals surface area (Å²) in [6.07, 6.45) is 6.84. The molecule has 0 N–H and O–H groups in total. The van der Waals surface area contributed by atoms with Crippen molar-refractivity contribution in [1.29, 1.82) is 0 Å². The molecule has 0 aliphatic carbocycles. The second-order valence-electron chi connectivity index (χ2n) is 4.63. The van der Waals surface area contributed by atoms with E-state index in [0.29, 0.717) is 18.6 Å². The maximum Gasteiger partial charge on any atom is 0.138 e. The van der Waals surface area contributed by atoms with Crippen molar-refractivity contribution in [3.8, 4) is 0 Å². The van der Waals surface area contributed by atoms with E-state index in [9.17, 15) is 4.79 Å². The van der Waals surface area contributed by atoms with Gasteiger partial charge in [-0.2, -0.15) is 5.10 Å². The van der Waals surface area contributed by atoms with Gasteiger partial charge >= 0.3 is 0 Å². The van der Waals surface area contributed by atoms with E-state index in [0.717, 1.165) is 24.2 Å². The maximum atomic E-state index is 11.8. The van der Waals surface area contributed by atoms with E-state index in [1.807, 2.05) is 17.8 Å². The van der Waals surface area contributed by atoms with Gasteiger partial charge in [-0.3, -0.25) is 9.48 Å². The highest BCUT2D eigenvalue weighted by Gasteiger charge is 2.08. The van der Waals surface area contributed by atoms with Crippen molar-refractivity contribution in [3.63, 3.8) is 0 Å². The summed E-state index contributed by atoms with van der Waals surface area (Å²) in [5.41, 5.74) is 2.11. The SMILES string of the molecule is CCCCCCC(=O)Cc1cc(CC)nn1C. The Balaban J connectivity index is 2.36. The largest absolute Gasteiger partial charge is 0.299 e. The molecule has 1 heterocycles. The summed E-state index contributed by atoms with van der Waals surface area (Å²) in [5.74, 6) is 0.340. The fourth-order valence-electron chi connectivity index (χ4n) is 1.95. The number of hydrogen-bond acceptors (Lipinski definition) is 2. The molecule has 0 saturated carbocycles. The van der Waals surface area contributed by atoms with E-state index >= 15 is 0 Å². The van der Waals surface area contributed by atoms with E-state index in [4.69, 9.17) is 0 Å². The summed E-state index contributed by atoms with van der Waals surface area (Å²) >= 11 is 0. The van der Waals surface area contributed by atoms with Crippen molar-refractivity contribution in [3.05, 3.63) is 17.5 Å². The minimum atomic E-state index is 0.340. The summed E-state index contributed by atoms with van der Waals surface area (Å²) in [4.78, 5) is 11.8. The first-order valence-electron chi connectivity index (χ1n) is 6.70. The first kappa shape index (κ1) is 13.9. The van der Waals surface area contributed by atoms with E-state index in [2.05, 4.69) is 18.9 Å². The van der Waals surface area contributed by atoms with Crippen LogP contribution in [0.3, 0.4) is 0 Å². The molecule has 1 rings (SSSR count). The summed E-state index contributed by atoms with van der Waals surface area (Å²) in [6.45, 7) is 4.27. The number of hydrogen-bond donors (Lipinski definition) is 0. The van der Waals surface area contributed by atoms with Crippen LogP contribution in [-0.4, -0.2) is 15.6 Å². The van der Waals surface area contributed by atoms with Crippen molar-refractivity contribution in [1.82, 2.24) is 9.78 Å². The van der Waals surface area contributed by atoms with E-state index in [-0.39, 0.29) is 0 Å². The second-order valence-corrected chi connectivity index (χ2v) is 4.63. The summed E-state index contributed by atoms with van der Waals surface area (Å²) in [6, 6.07) is 2.05. The standard InChI is InChI=1S/C14H24N2O/c1-4-6-7-8-9-14(17)11-13-10-12(5-2)15-16(13)3/h10H,4-9,11H2,1-3H3. The number of nitrogens with zero attached hydrogens (tertiary/aromatic N) is 2. The van der Waals surface area contributed by atoms with Crippen LogP contribution in [0.15, 0.2) is 6.07 Å². The van der Waals surface area contributed by atoms with Crippen molar-refractivity contribution in [2.45, 2.75) is 58.8 Å². The molecule has 3 nitrogen and oxygen atoms in total. The number of Topliss-reactive ketones (excluding diaryl/α,β-unsaturated/α-hetero) is 1. The lowest BCUT2D eigenvalue weighted by Gasteiger charge is -2.01. The Bertz CT molecular complexity index is 355. The molecule has 3 heteroatoms. The van der Waals surface area contributed by atoms with E-state index < -0.39 is 0 Å². The topological polar surface area (TPSA) is 34.9 Å². The van der Waals surface area contributed by atoms with Crippen molar-refractivity contribution < 1.29 is 4.79 Å². The number of unbranched alkanes of at least 4 members (excludes halogenated alkanes) is 3. The first-order valence-corrected chi connectivity index (χ1v) is 6.70. The van der Waals surface area contributed by atoms with E-state index in [1.54, 1.807) is 0 Å². The fourth-order valence-corrected chi connectivity index (χ4v) is 1.95. The zero-order valence-corrected chi connectivity index (χ0v) is 11.3. The molecule has 0 spiro atoms. The molecule has 0 aromatic carbocycles. The molecule has 0 aliphatic rings. The molecule has 0 saturated heterocycles. The Labute approximate surface area is 104 Å². The lowest BCUT2D eigenvalue weighted by Crippen LogP contribution is -2.07. The van der Waals surface area contributed by atoms with Gasteiger partial charge in [0.1, 0.15) is 5.78 Å². The highest BCUT2D eigenvalue weighted by molar-refractivity contribution is 5.80. The Morgan fingerprint density at radius 2 is 2.06 bits per heavy atom. The fraction of sp³-hybridized carbons (Fsp3) is 0.714. The monoisotopic (exact) mass is 236 g/mol. The Hall–Kier alpha value is -1.12. The molecular formula is C14H24N2O. The number of aryl methyl sites for hydroxylation is 2. The smallest absolute Gasteiger partial charge is 0.138 e. The molecule has 1 aromatic rings. The molecule has 0 amide bonds. The average molecular weight is 236 g/mol. The Morgan fingerprint density at radius 3 is 2.65 bits per heavy atom. The minimum absolute atomic E-state index is 0.340. The van der Waals surface area contributed by atoms with Gasteiger partial charge in [-0.1, -0.05) is 33.1 Å². The van der Waals surface area contributed by atoms with Crippen molar-refractivity contribution in [2.24, 2.45) is 7.05 Å². The van der Waals surface area contributed by atoms with Gasteiger partial charge in [-0.25, -0.2) is 0 Å². The lowest BCUT2D eigenvalue weighted by molar-refractivity contribution is -0.118. The van der Waals surface area contributed by atoms with Crippen LogP contribution in [0.1, 0.15) is 57.3 Å². The molecule has 0 unspecified atom stereocenters. The summed E-state index contributed by atoms with van der Waals surface area (Å²) in [5, 5.41) is 4.36. The third-order valence-electron chi connectivity index (χ3n) is 3.08. The molecule has 1 aromatic heterocycles. The molecular weight excluding hydrogens is 212 g/mol. The Morgan fingerprint density at radius 1 is 1.29 bits per heavy atom. The van der Waals surface area contributed by atoms with Crippen LogP contribution in [0, 0.1) is 0 Å². The van der Waals surface area contributed by atoms with E-state index in [1.165, 1.54) is 19.3 Å². The average Bonchev–Trinajstić information content (AvgIpc) is 2.66. The molecule has 17 heavy (non-hydrogen) atoms. The van der Waals surface area contributed by atoms with Crippen LogP contribution < -0.4 is 0 Å². The normalized spacial score (nSPS) is 10.8. The van der Waals surface area contributed by atoms with Crippen LogP contribution in [0.25, 0.3) is 0 Å². The number of carbonyl (C=O) groups is 1. The summed E-state index contributed by atoms with van der Waals surface area (Å²) in [7, 11) is 1.92. The molecule has 96 valence electrons. The van der Waals surface area contributed by atoms with Gasteiger partial charge < -0.3 is 0 Å². The molecule has 0 atom stereocenters. The number of rotatable bonds is 8. The molecule has 0 fully saturated rings. The minimum Gasteiger partial charge on any atom is -0.299 e. The second kappa shape index (κ2) is 7.25. The van der Waals surface area contributed by atoms with Crippen LogP contribution in [0.5, 0.6) is 0 Å². The Kier molecular flexibility index (Phi) is 5.95. The third kappa shape index (κ3) is 4.72. The summed E-state index contributed by atoms with van der Waals surface area (Å²) < 4.78 is 1.84. The highest BCUT2D eigenvalue weighted by atomic mass is 16.1. The highest BCUT2D eigenvalue weighted by Crippen LogP contribution is 2.09. The maximum absolute atomic E-state index is 11.8.